The number of nitrogens with zero attached hydrogens (tertiary/aromatic N) is 1. The monoisotopic (exact) mass is 321 g/mol. The first kappa shape index (κ1) is 13.5. The van der Waals surface area contributed by atoms with Crippen molar-refractivity contribution in [1.29, 1.82) is 0 Å². The summed E-state index contributed by atoms with van der Waals surface area (Å²) in [4.78, 5) is 15.4. The summed E-state index contributed by atoms with van der Waals surface area (Å²) in [5.74, 6) is 0.970. The molecule has 1 aromatic carbocycles. The molecule has 1 aromatic heterocycles. The van der Waals surface area contributed by atoms with Crippen LogP contribution in [0, 0.1) is 0 Å². The Morgan fingerprint density at radius 1 is 1.26 bits per heavy atom. The maximum absolute atomic E-state index is 11.5. The van der Waals surface area contributed by atoms with Crippen molar-refractivity contribution in [2.24, 2.45) is 0 Å². The summed E-state index contributed by atoms with van der Waals surface area (Å²) in [6.45, 7) is 2.14. The lowest BCUT2D eigenvalue weighted by Gasteiger charge is -2.07. The smallest absolute Gasteiger partial charge is 0.338 e. The molecule has 0 radical (unpaired) electrons. The van der Waals surface area contributed by atoms with Crippen molar-refractivity contribution >= 4 is 21.9 Å². The van der Waals surface area contributed by atoms with Crippen LogP contribution in [-0.4, -0.2) is 17.6 Å². The van der Waals surface area contributed by atoms with Gasteiger partial charge in [-0.15, -0.1) is 0 Å². The average molecular weight is 322 g/mol. The van der Waals surface area contributed by atoms with Gasteiger partial charge in [0.05, 0.1) is 16.6 Å². The van der Waals surface area contributed by atoms with Crippen molar-refractivity contribution < 1.29 is 14.3 Å². The lowest BCUT2D eigenvalue weighted by atomic mass is 10.2. The zero-order valence-corrected chi connectivity index (χ0v) is 11.9. The molecule has 5 heteroatoms. The topological polar surface area (TPSA) is 48.4 Å². The van der Waals surface area contributed by atoms with Crippen LogP contribution in [0.2, 0.25) is 0 Å². The summed E-state index contributed by atoms with van der Waals surface area (Å²) >= 11 is 3.35. The van der Waals surface area contributed by atoms with Crippen molar-refractivity contribution in [1.82, 2.24) is 4.98 Å². The van der Waals surface area contributed by atoms with Crippen molar-refractivity contribution in [2.75, 3.05) is 6.61 Å². The van der Waals surface area contributed by atoms with Gasteiger partial charge in [-0.25, -0.2) is 4.79 Å². The summed E-state index contributed by atoms with van der Waals surface area (Å²) in [5, 5.41) is 0. The molecule has 19 heavy (non-hydrogen) atoms. The zero-order chi connectivity index (χ0) is 13.7. The van der Waals surface area contributed by atoms with Gasteiger partial charge >= 0.3 is 5.97 Å². The Hall–Kier alpha value is -1.88. The highest BCUT2D eigenvalue weighted by Gasteiger charge is 2.07. The molecule has 0 aliphatic rings. The number of halogens is 1. The SMILES string of the molecule is CCOC(=O)c1ccc(Oc2ccncc2Br)cc1. The van der Waals surface area contributed by atoms with Gasteiger partial charge in [-0.05, 0) is 47.1 Å². The van der Waals surface area contributed by atoms with E-state index >= 15 is 0 Å². The van der Waals surface area contributed by atoms with Crippen molar-refractivity contribution in [2.45, 2.75) is 6.92 Å². The molecule has 2 rings (SSSR count). The molecule has 98 valence electrons. The molecule has 0 bridgehead atoms. The van der Waals surface area contributed by atoms with Gasteiger partial charge < -0.3 is 9.47 Å². The van der Waals surface area contributed by atoms with E-state index in [4.69, 9.17) is 9.47 Å². The minimum absolute atomic E-state index is 0.334. The Bertz CT molecular complexity index is 569. The number of rotatable bonds is 4. The summed E-state index contributed by atoms with van der Waals surface area (Å²) in [7, 11) is 0. The van der Waals surface area contributed by atoms with Gasteiger partial charge in [0.25, 0.3) is 0 Å². The first-order valence-electron chi connectivity index (χ1n) is 5.75. The molecule has 0 saturated carbocycles. The van der Waals surface area contributed by atoms with E-state index in [1.165, 1.54) is 0 Å². The summed E-state index contributed by atoms with van der Waals surface area (Å²) in [6.07, 6.45) is 3.30. The number of hydrogen-bond acceptors (Lipinski definition) is 4. The highest BCUT2D eigenvalue weighted by Crippen LogP contribution is 2.28. The predicted octanol–water partition coefficient (Wildman–Crippen LogP) is 3.81. The van der Waals surface area contributed by atoms with Gasteiger partial charge in [-0.3, -0.25) is 4.98 Å². The molecular weight excluding hydrogens is 310 g/mol. The highest BCUT2D eigenvalue weighted by molar-refractivity contribution is 9.10. The number of carbonyl (C=O) groups excluding carboxylic acids is 1. The van der Waals surface area contributed by atoms with E-state index in [2.05, 4.69) is 20.9 Å². The molecule has 4 nitrogen and oxygen atoms in total. The molecule has 0 amide bonds. The minimum atomic E-state index is -0.334. The molecule has 0 aliphatic heterocycles. The fourth-order valence-corrected chi connectivity index (χ4v) is 1.78. The zero-order valence-electron chi connectivity index (χ0n) is 10.3. The maximum atomic E-state index is 11.5. The highest BCUT2D eigenvalue weighted by atomic mass is 79.9. The third kappa shape index (κ3) is 3.54. The van der Waals surface area contributed by atoms with Crippen molar-refractivity contribution in [3.8, 4) is 11.5 Å². The van der Waals surface area contributed by atoms with E-state index in [9.17, 15) is 4.79 Å². The molecule has 2 aromatic rings. The van der Waals surface area contributed by atoms with E-state index in [1.54, 1.807) is 49.6 Å². The Morgan fingerprint density at radius 2 is 2.00 bits per heavy atom. The number of aromatic nitrogens is 1. The van der Waals surface area contributed by atoms with E-state index in [-0.39, 0.29) is 5.97 Å². The van der Waals surface area contributed by atoms with Gasteiger partial charge in [0, 0.05) is 18.5 Å². The second-order valence-electron chi connectivity index (χ2n) is 3.65. The summed E-state index contributed by atoms with van der Waals surface area (Å²) < 4.78 is 11.3. The second kappa shape index (κ2) is 6.33. The number of esters is 1. The van der Waals surface area contributed by atoms with Crippen LogP contribution in [0.4, 0.5) is 0 Å². The maximum Gasteiger partial charge on any atom is 0.338 e. The van der Waals surface area contributed by atoms with Crippen LogP contribution in [0.15, 0.2) is 47.2 Å². The first-order chi connectivity index (χ1) is 9.20. The number of hydrogen-bond donors (Lipinski definition) is 0. The number of carbonyl (C=O) groups is 1. The van der Waals surface area contributed by atoms with Gasteiger partial charge in [0.1, 0.15) is 11.5 Å². The molecule has 0 spiro atoms. The lowest BCUT2D eigenvalue weighted by molar-refractivity contribution is 0.0526. The Labute approximate surface area is 119 Å². The second-order valence-corrected chi connectivity index (χ2v) is 4.51. The molecular formula is C14H12BrNO3. The van der Waals surface area contributed by atoms with E-state index < -0.39 is 0 Å². The fraction of sp³-hybridized carbons (Fsp3) is 0.143. The molecule has 0 N–H and O–H groups in total. The molecule has 0 aliphatic carbocycles. The van der Waals surface area contributed by atoms with Crippen LogP contribution < -0.4 is 4.74 Å². The van der Waals surface area contributed by atoms with E-state index in [0.29, 0.717) is 23.7 Å². The van der Waals surface area contributed by atoms with E-state index in [0.717, 1.165) is 4.47 Å². The van der Waals surface area contributed by atoms with Gasteiger partial charge in [0.2, 0.25) is 0 Å². The lowest BCUT2D eigenvalue weighted by Crippen LogP contribution is -2.04. The third-order valence-corrected chi connectivity index (χ3v) is 2.92. The van der Waals surface area contributed by atoms with Gasteiger partial charge in [0.15, 0.2) is 0 Å². The van der Waals surface area contributed by atoms with Crippen LogP contribution in [0.25, 0.3) is 0 Å². The molecule has 0 fully saturated rings. The Kier molecular flexibility index (Phi) is 4.52. The number of pyridine rings is 1. The molecule has 0 atom stereocenters. The average Bonchev–Trinajstić information content (AvgIpc) is 2.42. The van der Waals surface area contributed by atoms with Crippen molar-refractivity contribution in [3.05, 3.63) is 52.8 Å². The Balaban J connectivity index is 2.11. The molecule has 0 unspecified atom stereocenters. The number of benzene rings is 1. The van der Waals surface area contributed by atoms with Crippen LogP contribution in [0.1, 0.15) is 17.3 Å². The van der Waals surface area contributed by atoms with Crippen LogP contribution in [-0.2, 0) is 4.74 Å². The number of ether oxygens (including phenoxy) is 2. The fourth-order valence-electron chi connectivity index (χ4n) is 1.45. The molecule has 1 heterocycles. The quantitative estimate of drug-likeness (QED) is 0.803. The van der Waals surface area contributed by atoms with Crippen LogP contribution in [0.3, 0.4) is 0 Å². The van der Waals surface area contributed by atoms with Crippen LogP contribution in [0.5, 0.6) is 11.5 Å². The minimum Gasteiger partial charge on any atom is -0.462 e. The van der Waals surface area contributed by atoms with Gasteiger partial charge in [-0.2, -0.15) is 0 Å². The van der Waals surface area contributed by atoms with E-state index in [1.807, 2.05) is 0 Å². The first-order valence-corrected chi connectivity index (χ1v) is 6.54. The third-order valence-electron chi connectivity index (χ3n) is 2.33. The standard InChI is InChI=1S/C14H12BrNO3/c1-2-18-14(17)10-3-5-11(6-4-10)19-13-7-8-16-9-12(13)15/h3-9H,2H2,1H3. The summed E-state index contributed by atoms with van der Waals surface area (Å²) in [5.41, 5.74) is 0.503. The predicted molar refractivity (Wildman–Crippen MR) is 74.4 cm³/mol. The largest absolute Gasteiger partial charge is 0.462 e. The molecule has 0 saturated heterocycles. The Morgan fingerprint density at radius 3 is 2.63 bits per heavy atom. The summed E-state index contributed by atoms with van der Waals surface area (Å²) in [6, 6.07) is 8.53. The van der Waals surface area contributed by atoms with Crippen LogP contribution >= 0.6 is 15.9 Å². The van der Waals surface area contributed by atoms with Crippen molar-refractivity contribution in [3.63, 3.8) is 0 Å². The van der Waals surface area contributed by atoms with Gasteiger partial charge in [-0.1, -0.05) is 0 Å². The normalized spacial score (nSPS) is 10.0.